The summed E-state index contributed by atoms with van der Waals surface area (Å²) in [5.74, 6) is 0.787. The van der Waals surface area contributed by atoms with Crippen molar-refractivity contribution in [2.75, 3.05) is 33.7 Å². The lowest BCUT2D eigenvalue weighted by Crippen LogP contribution is -2.39. The maximum atomic E-state index is 3.47. The normalized spacial score (nSPS) is 30.5. The van der Waals surface area contributed by atoms with Crippen LogP contribution in [0.5, 0.6) is 0 Å². The average molecular weight is 170 g/mol. The Balaban J connectivity index is 2.59. The molecule has 0 radical (unpaired) electrons. The topological polar surface area (TPSA) is 15.3 Å². The summed E-state index contributed by atoms with van der Waals surface area (Å²) in [5.41, 5.74) is 0.531. The number of nitrogens with zero attached hydrogens (tertiary/aromatic N) is 1. The van der Waals surface area contributed by atoms with E-state index in [2.05, 4.69) is 38.2 Å². The lowest BCUT2D eigenvalue weighted by atomic mass is 9.76. The first-order valence-corrected chi connectivity index (χ1v) is 4.92. The van der Waals surface area contributed by atoms with Crippen LogP contribution in [0.15, 0.2) is 0 Å². The summed E-state index contributed by atoms with van der Waals surface area (Å²) >= 11 is 0. The fourth-order valence-corrected chi connectivity index (χ4v) is 2.20. The van der Waals surface area contributed by atoms with Crippen LogP contribution in [0.2, 0.25) is 0 Å². The fourth-order valence-electron chi connectivity index (χ4n) is 2.20. The number of nitrogens with one attached hydrogen (secondary N) is 1. The van der Waals surface area contributed by atoms with Crippen molar-refractivity contribution < 1.29 is 0 Å². The van der Waals surface area contributed by atoms with E-state index >= 15 is 0 Å². The van der Waals surface area contributed by atoms with Gasteiger partial charge in [0, 0.05) is 13.1 Å². The van der Waals surface area contributed by atoms with Gasteiger partial charge in [0.2, 0.25) is 0 Å². The van der Waals surface area contributed by atoms with Gasteiger partial charge in [0.15, 0.2) is 0 Å². The first-order valence-electron chi connectivity index (χ1n) is 4.92. The average Bonchev–Trinajstić information content (AvgIpc) is 2.35. The van der Waals surface area contributed by atoms with Gasteiger partial charge in [0.1, 0.15) is 0 Å². The van der Waals surface area contributed by atoms with Gasteiger partial charge in [-0.05, 0) is 38.4 Å². The van der Waals surface area contributed by atoms with Gasteiger partial charge in [-0.25, -0.2) is 0 Å². The number of hydrogen-bond acceptors (Lipinski definition) is 2. The molecule has 1 fully saturated rings. The standard InChI is InChI=1S/C10H22N2/c1-9(2)10(8-12(3)4)5-6-11-7-10/h9,11H,5-8H2,1-4H3. The summed E-state index contributed by atoms with van der Waals surface area (Å²) in [6.07, 6.45) is 1.34. The van der Waals surface area contributed by atoms with Crippen LogP contribution in [0.3, 0.4) is 0 Å². The molecule has 0 amide bonds. The highest BCUT2D eigenvalue weighted by Crippen LogP contribution is 2.34. The summed E-state index contributed by atoms with van der Waals surface area (Å²) in [6, 6.07) is 0. The van der Waals surface area contributed by atoms with Crippen molar-refractivity contribution >= 4 is 0 Å². The summed E-state index contributed by atoms with van der Waals surface area (Å²) in [6.45, 7) is 8.31. The Morgan fingerprint density at radius 2 is 2.08 bits per heavy atom. The lowest BCUT2D eigenvalue weighted by molar-refractivity contribution is 0.152. The van der Waals surface area contributed by atoms with Crippen molar-refractivity contribution in [3.05, 3.63) is 0 Å². The molecule has 1 heterocycles. The second kappa shape index (κ2) is 3.75. The minimum absolute atomic E-state index is 0.531. The van der Waals surface area contributed by atoms with Crippen LogP contribution in [0.1, 0.15) is 20.3 Å². The van der Waals surface area contributed by atoms with E-state index in [0.717, 1.165) is 5.92 Å². The molecule has 72 valence electrons. The zero-order valence-electron chi connectivity index (χ0n) is 8.85. The Labute approximate surface area is 76.3 Å². The quantitative estimate of drug-likeness (QED) is 0.684. The Kier molecular flexibility index (Phi) is 3.13. The summed E-state index contributed by atoms with van der Waals surface area (Å²) in [7, 11) is 4.34. The molecule has 0 aromatic carbocycles. The van der Waals surface area contributed by atoms with Crippen molar-refractivity contribution in [2.24, 2.45) is 11.3 Å². The molecule has 0 aliphatic carbocycles. The second-order valence-electron chi connectivity index (χ2n) is 4.68. The second-order valence-corrected chi connectivity index (χ2v) is 4.68. The first kappa shape index (κ1) is 10.0. The summed E-state index contributed by atoms with van der Waals surface area (Å²) in [5, 5.41) is 3.47. The molecule has 1 N–H and O–H groups in total. The molecule has 1 aliphatic heterocycles. The van der Waals surface area contributed by atoms with Crippen molar-refractivity contribution in [3.8, 4) is 0 Å². The molecule has 1 saturated heterocycles. The molecule has 2 heteroatoms. The SMILES string of the molecule is CC(C)C1(CN(C)C)CCNC1. The molecular weight excluding hydrogens is 148 g/mol. The van der Waals surface area contributed by atoms with E-state index in [1.54, 1.807) is 0 Å². The maximum Gasteiger partial charge on any atom is 0.00470 e. The van der Waals surface area contributed by atoms with Crippen LogP contribution in [-0.2, 0) is 0 Å². The smallest absolute Gasteiger partial charge is 0.00470 e. The van der Waals surface area contributed by atoms with Gasteiger partial charge in [-0.15, -0.1) is 0 Å². The Morgan fingerprint density at radius 1 is 1.42 bits per heavy atom. The summed E-state index contributed by atoms with van der Waals surface area (Å²) in [4.78, 5) is 2.31. The highest BCUT2D eigenvalue weighted by molar-refractivity contribution is 4.91. The van der Waals surface area contributed by atoms with Crippen molar-refractivity contribution in [1.82, 2.24) is 10.2 Å². The minimum Gasteiger partial charge on any atom is -0.316 e. The van der Waals surface area contributed by atoms with Crippen LogP contribution in [0, 0.1) is 11.3 Å². The lowest BCUT2D eigenvalue weighted by Gasteiger charge is -2.35. The molecule has 12 heavy (non-hydrogen) atoms. The van der Waals surface area contributed by atoms with E-state index in [-0.39, 0.29) is 0 Å². The van der Waals surface area contributed by atoms with E-state index in [9.17, 15) is 0 Å². The molecule has 1 rings (SSSR count). The van der Waals surface area contributed by atoms with Crippen molar-refractivity contribution in [1.29, 1.82) is 0 Å². The van der Waals surface area contributed by atoms with Crippen LogP contribution in [-0.4, -0.2) is 38.6 Å². The number of hydrogen-bond donors (Lipinski definition) is 1. The molecule has 0 saturated carbocycles. The van der Waals surface area contributed by atoms with Gasteiger partial charge in [-0.1, -0.05) is 13.8 Å². The molecule has 1 atom stereocenters. The molecule has 1 aliphatic rings. The van der Waals surface area contributed by atoms with E-state index < -0.39 is 0 Å². The third-order valence-corrected chi connectivity index (χ3v) is 3.13. The van der Waals surface area contributed by atoms with E-state index in [1.165, 1.54) is 26.1 Å². The highest BCUT2D eigenvalue weighted by atomic mass is 15.1. The zero-order chi connectivity index (χ0) is 9.19. The van der Waals surface area contributed by atoms with E-state index in [0.29, 0.717) is 5.41 Å². The van der Waals surface area contributed by atoms with Gasteiger partial charge in [-0.3, -0.25) is 0 Å². The Hall–Kier alpha value is -0.0800. The molecule has 0 aromatic rings. The van der Waals surface area contributed by atoms with Crippen LogP contribution >= 0.6 is 0 Å². The third-order valence-electron chi connectivity index (χ3n) is 3.13. The fraction of sp³-hybridized carbons (Fsp3) is 1.00. The Bertz CT molecular complexity index is 135. The van der Waals surface area contributed by atoms with Crippen molar-refractivity contribution in [3.63, 3.8) is 0 Å². The van der Waals surface area contributed by atoms with Gasteiger partial charge in [0.25, 0.3) is 0 Å². The number of rotatable bonds is 3. The minimum atomic E-state index is 0.531. The van der Waals surface area contributed by atoms with Crippen LogP contribution in [0.4, 0.5) is 0 Å². The van der Waals surface area contributed by atoms with Gasteiger partial charge in [0.05, 0.1) is 0 Å². The van der Waals surface area contributed by atoms with Gasteiger partial charge >= 0.3 is 0 Å². The maximum absolute atomic E-state index is 3.47. The predicted octanol–water partition coefficient (Wildman–Crippen LogP) is 1.18. The largest absolute Gasteiger partial charge is 0.316 e. The van der Waals surface area contributed by atoms with Crippen LogP contribution in [0.25, 0.3) is 0 Å². The molecular formula is C10H22N2. The van der Waals surface area contributed by atoms with E-state index in [1.807, 2.05) is 0 Å². The molecule has 0 bridgehead atoms. The third kappa shape index (κ3) is 1.99. The Morgan fingerprint density at radius 3 is 2.42 bits per heavy atom. The molecule has 2 nitrogen and oxygen atoms in total. The first-order chi connectivity index (χ1) is 5.57. The van der Waals surface area contributed by atoms with Gasteiger partial charge in [-0.2, -0.15) is 0 Å². The predicted molar refractivity (Wildman–Crippen MR) is 53.3 cm³/mol. The molecule has 0 spiro atoms. The van der Waals surface area contributed by atoms with Gasteiger partial charge < -0.3 is 10.2 Å². The molecule has 1 unspecified atom stereocenters. The van der Waals surface area contributed by atoms with Crippen LogP contribution < -0.4 is 5.32 Å². The van der Waals surface area contributed by atoms with E-state index in [4.69, 9.17) is 0 Å². The summed E-state index contributed by atoms with van der Waals surface area (Å²) < 4.78 is 0. The monoisotopic (exact) mass is 170 g/mol. The zero-order valence-corrected chi connectivity index (χ0v) is 8.85. The highest BCUT2D eigenvalue weighted by Gasteiger charge is 2.36. The van der Waals surface area contributed by atoms with Crippen molar-refractivity contribution in [2.45, 2.75) is 20.3 Å². The molecule has 0 aromatic heterocycles.